The van der Waals surface area contributed by atoms with E-state index in [1.54, 1.807) is 0 Å². The summed E-state index contributed by atoms with van der Waals surface area (Å²) in [7, 11) is 0. The molecule has 1 atom stereocenters. The number of benzene rings is 1. The Balaban J connectivity index is 2.50. The third-order valence-corrected chi connectivity index (χ3v) is 3.61. The zero-order valence-corrected chi connectivity index (χ0v) is 11.1. The van der Waals surface area contributed by atoms with E-state index < -0.39 is 45.6 Å². The van der Waals surface area contributed by atoms with Crippen LogP contribution in [0, 0.1) is 0 Å². The van der Waals surface area contributed by atoms with Gasteiger partial charge in [-0.15, -0.1) is 0 Å². The van der Waals surface area contributed by atoms with E-state index in [0.29, 0.717) is 0 Å². The number of alkyl halides is 6. The van der Waals surface area contributed by atoms with E-state index in [0.717, 1.165) is 0 Å². The highest BCUT2D eigenvalue weighted by Gasteiger charge is 2.58. The predicted molar refractivity (Wildman–Crippen MR) is 65.9 cm³/mol. The number of fused-ring (bicyclic) bond motifs is 1. The maximum Gasteiger partial charge on any atom is 0.426 e. The summed E-state index contributed by atoms with van der Waals surface area (Å²) in [5.41, 5.74) is -1.64. The molecule has 1 aromatic heterocycles. The Morgan fingerprint density at radius 2 is 1.73 bits per heavy atom. The number of para-hydroxylation sites is 1. The van der Waals surface area contributed by atoms with E-state index in [2.05, 4.69) is 4.42 Å². The molecule has 1 unspecified atom stereocenters. The van der Waals surface area contributed by atoms with Gasteiger partial charge in [0.1, 0.15) is 16.2 Å². The highest BCUT2D eigenvalue weighted by atomic mass is 32.2. The van der Waals surface area contributed by atoms with Gasteiger partial charge < -0.3 is 9.52 Å². The van der Waals surface area contributed by atoms with Crippen molar-refractivity contribution in [2.45, 2.75) is 22.5 Å². The Bertz CT molecular complexity index is 755. The van der Waals surface area contributed by atoms with Crippen LogP contribution < -0.4 is 5.63 Å². The molecule has 0 amide bonds. The van der Waals surface area contributed by atoms with Crippen molar-refractivity contribution in [2.24, 2.45) is 0 Å². The van der Waals surface area contributed by atoms with Crippen molar-refractivity contribution >= 4 is 22.7 Å². The fourth-order valence-electron chi connectivity index (χ4n) is 1.58. The van der Waals surface area contributed by atoms with Gasteiger partial charge in [-0.3, -0.25) is 0 Å². The van der Waals surface area contributed by atoms with Crippen LogP contribution in [0.2, 0.25) is 0 Å². The molecule has 2 rings (SSSR count). The molecule has 0 saturated heterocycles. The van der Waals surface area contributed by atoms with E-state index in [9.17, 15) is 36.2 Å². The highest BCUT2D eigenvalue weighted by molar-refractivity contribution is 8.00. The lowest BCUT2D eigenvalue weighted by Crippen LogP contribution is -2.39. The van der Waals surface area contributed by atoms with Crippen molar-refractivity contribution in [1.29, 1.82) is 0 Å². The zero-order valence-electron chi connectivity index (χ0n) is 10.3. The van der Waals surface area contributed by atoms with Crippen molar-refractivity contribution in [3.8, 4) is 5.75 Å². The van der Waals surface area contributed by atoms with Gasteiger partial charge in [-0.1, -0.05) is 12.1 Å². The summed E-state index contributed by atoms with van der Waals surface area (Å²) in [5.74, 6) is -0.995. The number of thioether (sulfide) groups is 1. The van der Waals surface area contributed by atoms with Gasteiger partial charge in [-0.05, 0) is 23.9 Å². The number of halogens is 6. The molecule has 1 heterocycles. The van der Waals surface area contributed by atoms with Gasteiger partial charge in [0.2, 0.25) is 0 Å². The average molecular weight is 344 g/mol. The normalized spacial score (nSPS) is 14.3. The predicted octanol–water partition coefficient (Wildman–Crippen LogP) is 4.08. The summed E-state index contributed by atoms with van der Waals surface area (Å²) in [6.07, 6.45) is -10.3. The van der Waals surface area contributed by atoms with Crippen LogP contribution in [0.3, 0.4) is 0 Å². The number of hydrogen-bond donors (Lipinski definition) is 1. The minimum absolute atomic E-state index is 0.148. The molecule has 0 aliphatic heterocycles. The van der Waals surface area contributed by atoms with Gasteiger partial charge in [0.15, 0.2) is 0 Å². The second-order valence-corrected chi connectivity index (χ2v) is 5.29. The Kier molecular flexibility index (Phi) is 4.07. The van der Waals surface area contributed by atoms with Crippen LogP contribution >= 0.6 is 11.8 Å². The maximum atomic E-state index is 13.3. The van der Waals surface area contributed by atoms with Crippen molar-refractivity contribution in [3.63, 3.8) is 0 Å². The molecule has 0 aliphatic carbocycles. The van der Waals surface area contributed by atoms with Gasteiger partial charge >= 0.3 is 17.1 Å². The van der Waals surface area contributed by atoms with Crippen LogP contribution in [-0.4, -0.2) is 22.7 Å². The summed E-state index contributed by atoms with van der Waals surface area (Å²) in [4.78, 5) is 10.3. The molecule has 3 nitrogen and oxygen atoms in total. The van der Waals surface area contributed by atoms with E-state index in [1.165, 1.54) is 24.3 Å². The molecule has 0 saturated carbocycles. The number of rotatable bonds is 3. The first kappa shape index (κ1) is 16.5. The standard InChI is InChI=1S/C12H6F6O3S/c13-10(11(14,15)16)12(17,18)22-8-7(19)5-3-1-2-4-6(5)21-9(8)20/h1-4,10,19H. The third-order valence-electron chi connectivity index (χ3n) is 2.57. The second-order valence-electron chi connectivity index (χ2n) is 4.13. The molecule has 0 aliphatic rings. The van der Waals surface area contributed by atoms with Crippen LogP contribution in [-0.2, 0) is 0 Å². The summed E-state index contributed by atoms with van der Waals surface area (Å²) in [6.45, 7) is 0. The van der Waals surface area contributed by atoms with Gasteiger partial charge in [0, 0.05) is 0 Å². The third kappa shape index (κ3) is 3.01. The minimum atomic E-state index is -5.82. The molecule has 0 spiro atoms. The van der Waals surface area contributed by atoms with Crippen LogP contribution in [0.25, 0.3) is 11.0 Å². The molecule has 0 radical (unpaired) electrons. The fourth-order valence-corrected chi connectivity index (χ4v) is 2.43. The smallest absolute Gasteiger partial charge is 0.426 e. The van der Waals surface area contributed by atoms with E-state index in [-0.39, 0.29) is 11.0 Å². The quantitative estimate of drug-likeness (QED) is 0.518. The highest BCUT2D eigenvalue weighted by Crippen LogP contribution is 2.47. The van der Waals surface area contributed by atoms with Crippen LogP contribution in [0.4, 0.5) is 26.3 Å². The first-order chi connectivity index (χ1) is 10.0. The lowest BCUT2D eigenvalue weighted by molar-refractivity contribution is -0.219. The summed E-state index contributed by atoms with van der Waals surface area (Å²) in [6, 6.07) is 5.25. The molecular weight excluding hydrogens is 338 g/mol. The van der Waals surface area contributed by atoms with Gasteiger partial charge in [0.05, 0.1) is 5.39 Å². The SMILES string of the molecule is O=c1oc2ccccc2c(O)c1SC(F)(F)C(F)C(F)(F)F. The second kappa shape index (κ2) is 5.41. The van der Waals surface area contributed by atoms with Crippen LogP contribution in [0.1, 0.15) is 0 Å². The lowest BCUT2D eigenvalue weighted by atomic mass is 10.2. The molecular formula is C12H6F6O3S. The summed E-state index contributed by atoms with van der Waals surface area (Å²) < 4.78 is 80.3. The first-order valence-electron chi connectivity index (χ1n) is 5.56. The molecule has 0 bridgehead atoms. The van der Waals surface area contributed by atoms with Crippen molar-refractivity contribution < 1.29 is 35.9 Å². The van der Waals surface area contributed by atoms with Crippen LogP contribution in [0.15, 0.2) is 38.4 Å². The maximum absolute atomic E-state index is 13.3. The summed E-state index contributed by atoms with van der Waals surface area (Å²) in [5, 5.41) is 4.59. The van der Waals surface area contributed by atoms with E-state index in [4.69, 9.17) is 0 Å². The minimum Gasteiger partial charge on any atom is -0.506 e. The Morgan fingerprint density at radius 1 is 1.14 bits per heavy atom. The fraction of sp³-hybridized carbons (Fsp3) is 0.250. The molecule has 0 fully saturated rings. The largest absolute Gasteiger partial charge is 0.506 e. The molecule has 10 heteroatoms. The van der Waals surface area contributed by atoms with Crippen molar-refractivity contribution in [1.82, 2.24) is 0 Å². The molecule has 1 N–H and O–H groups in total. The van der Waals surface area contributed by atoms with E-state index in [1.807, 2.05) is 0 Å². The average Bonchev–Trinajstić information content (AvgIpc) is 2.41. The summed E-state index contributed by atoms with van der Waals surface area (Å²) >= 11 is -1.04. The Labute approximate surface area is 122 Å². The lowest BCUT2D eigenvalue weighted by Gasteiger charge is -2.21. The Hall–Kier alpha value is -1.84. The molecule has 22 heavy (non-hydrogen) atoms. The van der Waals surface area contributed by atoms with Gasteiger partial charge in [0.25, 0.3) is 6.17 Å². The van der Waals surface area contributed by atoms with Gasteiger partial charge in [-0.2, -0.15) is 22.0 Å². The zero-order chi connectivity index (χ0) is 16.7. The molecule has 1 aromatic carbocycles. The topological polar surface area (TPSA) is 50.4 Å². The Morgan fingerprint density at radius 3 is 2.32 bits per heavy atom. The van der Waals surface area contributed by atoms with Crippen LogP contribution in [0.5, 0.6) is 5.75 Å². The monoisotopic (exact) mass is 344 g/mol. The first-order valence-corrected chi connectivity index (χ1v) is 6.38. The molecule has 120 valence electrons. The van der Waals surface area contributed by atoms with Crippen molar-refractivity contribution in [2.75, 3.05) is 0 Å². The van der Waals surface area contributed by atoms with E-state index >= 15 is 0 Å². The van der Waals surface area contributed by atoms with Crippen molar-refractivity contribution in [3.05, 3.63) is 34.7 Å². The number of hydrogen-bond acceptors (Lipinski definition) is 4. The van der Waals surface area contributed by atoms with Gasteiger partial charge in [-0.25, -0.2) is 9.18 Å². The number of aromatic hydroxyl groups is 1. The molecule has 2 aromatic rings.